The molecule has 0 fully saturated rings. The Labute approximate surface area is 244 Å². The van der Waals surface area contributed by atoms with Gasteiger partial charge in [-0.1, -0.05) is 42.5 Å². The number of amidine groups is 1. The SMILES string of the molecule is CCOC(=O)[C@H](CCC(=O)OCc1ccccc1)NC(=O)C(C)=Cc1ccc(C(=O)Oc2ccc(C(=N)N)cc2)cc1. The number of carbonyl (C=O) groups is 4. The molecule has 0 bridgehead atoms. The molecular weight excluding hydrogens is 538 g/mol. The summed E-state index contributed by atoms with van der Waals surface area (Å²) in [5, 5.41) is 10.1. The molecule has 10 heteroatoms. The third kappa shape index (κ3) is 9.74. The van der Waals surface area contributed by atoms with Crippen molar-refractivity contribution in [3.8, 4) is 5.75 Å². The van der Waals surface area contributed by atoms with E-state index >= 15 is 0 Å². The molecule has 0 saturated heterocycles. The molecule has 0 aliphatic rings. The zero-order valence-electron chi connectivity index (χ0n) is 23.4. The highest BCUT2D eigenvalue weighted by molar-refractivity contribution is 5.99. The molecular formula is C32H33N3O7. The van der Waals surface area contributed by atoms with Crippen LogP contribution >= 0.6 is 0 Å². The van der Waals surface area contributed by atoms with Crippen LogP contribution in [0.15, 0.2) is 84.4 Å². The number of nitrogens with one attached hydrogen (secondary N) is 2. The van der Waals surface area contributed by atoms with Crippen LogP contribution < -0.4 is 15.8 Å². The maximum Gasteiger partial charge on any atom is 0.343 e. The molecule has 0 heterocycles. The van der Waals surface area contributed by atoms with Crippen LogP contribution in [0.3, 0.4) is 0 Å². The Morgan fingerprint density at radius 3 is 2.17 bits per heavy atom. The van der Waals surface area contributed by atoms with E-state index in [1.54, 1.807) is 68.5 Å². The van der Waals surface area contributed by atoms with E-state index in [0.717, 1.165) is 5.56 Å². The van der Waals surface area contributed by atoms with Crippen molar-refractivity contribution in [1.29, 1.82) is 5.41 Å². The van der Waals surface area contributed by atoms with Crippen LogP contribution in [-0.4, -0.2) is 42.3 Å². The molecule has 0 aromatic heterocycles. The number of ether oxygens (including phenoxy) is 3. The minimum absolute atomic E-state index is 0.0137. The smallest absolute Gasteiger partial charge is 0.343 e. The standard InChI is InChI=1S/C32H33N3O7/c1-3-40-32(39)27(17-18-28(36)41-20-23-7-5-4-6-8-23)35-30(37)21(2)19-22-9-11-25(12-10-22)31(38)42-26-15-13-24(14-16-26)29(33)34/h4-16,19,27H,3,17-18,20H2,1-2H3,(H3,33,34)(H,35,37)/t27-/m0/s1. The topological polar surface area (TPSA) is 158 Å². The quantitative estimate of drug-likeness (QED) is 0.0907. The van der Waals surface area contributed by atoms with Crippen molar-refractivity contribution in [1.82, 2.24) is 5.32 Å². The summed E-state index contributed by atoms with van der Waals surface area (Å²) in [5.41, 5.74) is 8.03. The molecule has 3 rings (SSSR count). The summed E-state index contributed by atoms with van der Waals surface area (Å²) in [6, 6.07) is 20.9. The molecule has 0 aliphatic heterocycles. The van der Waals surface area contributed by atoms with Crippen LogP contribution in [0.5, 0.6) is 5.75 Å². The molecule has 218 valence electrons. The van der Waals surface area contributed by atoms with Crippen molar-refractivity contribution in [2.75, 3.05) is 6.61 Å². The minimum atomic E-state index is -1.04. The monoisotopic (exact) mass is 571 g/mol. The summed E-state index contributed by atoms with van der Waals surface area (Å²) in [5.74, 6) is -2.01. The predicted molar refractivity (Wildman–Crippen MR) is 157 cm³/mol. The second kappa shape index (κ2) is 15.5. The summed E-state index contributed by atoms with van der Waals surface area (Å²) in [4.78, 5) is 50.1. The van der Waals surface area contributed by atoms with Crippen molar-refractivity contribution >= 4 is 35.7 Å². The van der Waals surface area contributed by atoms with Crippen LogP contribution in [0, 0.1) is 5.41 Å². The molecule has 0 radical (unpaired) electrons. The Kier molecular flexibility index (Phi) is 11.6. The van der Waals surface area contributed by atoms with Gasteiger partial charge in [-0.25, -0.2) is 9.59 Å². The van der Waals surface area contributed by atoms with Gasteiger partial charge in [-0.05, 0) is 73.9 Å². The number of hydrogen-bond donors (Lipinski definition) is 3. The fourth-order valence-corrected chi connectivity index (χ4v) is 3.74. The van der Waals surface area contributed by atoms with E-state index in [1.807, 2.05) is 30.3 Å². The number of esters is 3. The second-order valence-corrected chi connectivity index (χ2v) is 9.24. The number of hydrogen-bond acceptors (Lipinski definition) is 8. The molecule has 0 aliphatic carbocycles. The van der Waals surface area contributed by atoms with E-state index in [2.05, 4.69) is 5.32 Å². The maximum atomic E-state index is 12.9. The van der Waals surface area contributed by atoms with Crippen molar-refractivity contribution in [3.63, 3.8) is 0 Å². The van der Waals surface area contributed by atoms with Gasteiger partial charge in [0, 0.05) is 17.6 Å². The van der Waals surface area contributed by atoms with Gasteiger partial charge in [0.2, 0.25) is 5.91 Å². The third-order valence-corrected chi connectivity index (χ3v) is 6.02. The first-order chi connectivity index (χ1) is 20.2. The molecule has 3 aromatic carbocycles. The first-order valence-corrected chi connectivity index (χ1v) is 13.3. The van der Waals surface area contributed by atoms with Gasteiger partial charge in [0.05, 0.1) is 12.2 Å². The van der Waals surface area contributed by atoms with Crippen LogP contribution in [-0.2, 0) is 30.5 Å². The minimum Gasteiger partial charge on any atom is -0.464 e. The summed E-state index contributed by atoms with van der Waals surface area (Å²) < 4.78 is 15.7. The summed E-state index contributed by atoms with van der Waals surface area (Å²) in [7, 11) is 0. The average Bonchev–Trinajstić information content (AvgIpc) is 2.99. The van der Waals surface area contributed by atoms with Gasteiger partial charge < -0.3 is 25.3 Å². The van der Waals surface area contributed by atoms with Gasteiger partial charge >= 0.3 is 17.9 Å². The molecule has 10 nitrogen and oxygen atoms in total. The van der Waals surface area contributed by atoms with E-state index in [-0.39, 0.29) is 31.9 Å². The molecule has 4 N–H and O–H groups in total. The van der Waals surface area contributed by atoms with Crippen LogP contribution in [0.2, 0.25) is 0 Å². The Morgan fingerprint density at radius 2 is 1.55 bits per heavy atom. The zero-order chi connectivity index (χ0) is 30.5. The van der Waals surface area contributed by atoms with E-state index in [1.165, 1.54) is 0 Å². The molecule has 0 spiro atoms. The summed E-state index contributed by atoms with van der Waals surface area (Å²) >= 11 is 0. The third-order valence-electron chi connectivity index (χ3n) is 6.02. The average molecular weight is 572 g/mol. The lowest BCUT2D eigenvalue weighted by molar-refractivity contribution is -0.149. The van der Waals surface area contributed by atoms with Crippen LogP contribution in [0.25, 0.3) is 6.08 Å². The second-order valence-electron chi connectivity index (χ2n) is 9.24. The van der Waals surface area contributed by atoms with Crippen LogP contribution in [0.4, 0.5) is 0 Å². The number of carbonyl (C=O) groups excluding carboxylic acids is 4. The maximum absolute atomic E-state index is 12.9. The van der Waals surface area contributed by atoms with Crippen molar-refractivity contribution in [2.45, 2.75) is 39.3 Å². The number of amides is 1. The van der Waals surface area contributed by atoms with Crippen molar-refractivity contribution in [3.05, 3.63) is 107 Å². The zero-order valence-corrected chi connectivity index (χ0v) is 23.4. The molecule has 42 heavy (non-hydrogen) atoms. The van der Waals surface area contributed by atoms with Gasteiger partial charge in [0.15, 0.2) is 0 Å². The highest BCUT2D eigenvalue weighted by atomic mass is 16.5. The highest BCUT2D eigenvalue weighted by Gasteiger charge is 2.24. The molecule has 3 aromatic rings. The van der Waals surface area contributed by atoms with Crippen molar-refractivity contribution < 1.29 is 33.4 Å². The number of nitrogen functional groups attached to an aromatic ring is 1. The number of benzene rings is 3. The first-order valence-electron chi connectivity index (χ1n) is 13.3. The molecule has 0 unspecified atom stereocenters. The van der Waals surface area contributed by atoms with E-state index in [4.69, 9.17) is 25.4 Å². The van der Waals surface area contributed by atoms with Crippen molar-refractivity contribution in [2.24, 2.45) is 5.73 Å². The summed E-state index contributed by atoms with van der Waals surface area (Å²) in [6.07, 6.45) is 1.53. The van der Waals surface area contributed by atoms with Gasteiger partial charge in [-0.15, -0.1) is 0 Å². The Hall–Kier alpha value is -5.25. The van der Waals surface area contributed by atoms with E-state index < -0.39 is 29.9 Å². The van der Waals surface area contributed by atoms with Gasteiger partial charge in [0.1, 0.15) is 24.2 Å². The van der Waals surface area contributed by atoms with E-state index in [9.17, 15) is 19.2 Å². The number of nitrogens with two attached hydrogens (primary N) is 1. The Balaban J connectivity index is 1.57. The normalized spacial score (nSPS) is 11.6. The lowest BCUT2D eigenvalue weighted by atomic mass is 10.1. The largest absolute Gasteiger partial charge is 0.464 e. The Bertz CT molecular complexity index is 1430. The lowest BCUT2D eigenvalue weighted by Crippen LogP contribution is -2.42. The van der Waals surface area contributed by atoms with Crippen LogP contribution in [0.1, 0.15) is 53.7 Å². The first kappa shape index (κ1) is 31.3. The molecule has 1 amide bonds. The predicted octanol–water partition coefficient (Wildman–Crippen LogP) is 4.16. The summed E-state index contributed by atoms with van der Waals surface area (Å²) in [6.45, 7) is 3.47. The fourth-order valence-electron chi connectivity index (χ4n) is 3.74. The van der Waals surface area contributed by atoms with E-state index in [0.29, 0.717) is 28.0 Å². The van der Waals surface area contributed by atoms with Gasteiger partial charge in [-0.2, -0.15) is 0 Å². The van der Waals surface area contributed by atoms with Gasteiger partial charge in [0.25, 0.3) is 0 Å². The molecule has 0 saturated carbocycles. The molecule has 1 atom stereocenters. The van der Waals surface area contributed by atoms with Gasteiger partial charge in [-0.3, -0.25) is 15.0 Å². The Morgan fingerprint density at radius 1 is 0.905 bits per heavy atom. The number of rotatable bonds is 13. The fraction of sp³-hybridized carbons (Fsp3) is 0.219. The lowest BCUT2D eigenvalue weighted by Gasteiger charge is -2.17. The highest BCUT2D eigenvalue weighted by Crippen LogP contribution is 2.16.